The number of fused-ring (bicyclic) bond motifs is 4. The topological polar surface area (TPSA) is 174 Å². The Morgan fingerprint density at radius 1 is 0.636 bits per heavy atom. The molecule has 2 atom stereocenters. The molecular weight excluding hydrogens is 568 g/mol. The van der Waals surface area contributed by atoms with Gasteiger partial charge in [0.05, 0.1) is 47.3 Å². The number of benzene rings is 4. The molecule has 230 valence electrons. The van der Waals surface area contributed by atoms with Gasteiger partial charge in [-0.3, -0.25) is 9.59 Å². The quantitative estimate of drug-likeness (QED) is 0.190. The van der Waals surface area contributed by atoms with Crippen molar-refractivity contribution >= 4 is 33.1 Å². The first kappa shape index (κ1) is 29.5. The number of phenols is 4. The number of rotatable bonds is 3. The second-order valence-electron chi connectivity index (χ2n) is 12.7. The summed E-state index contributed by atoms with van der Waals surface area (Å²) in [6.07, 6.45) is -0.526. The van der Waals surface area contributed by atoms with Crippen LogP contribution in [0.1, 0.15) is 69.7 Å². The van der Waals surface area contributed by atoms with E-state index in [-0.39, 0.29) is 98.0 Å². The first-order chi connectivity index (χ1) is 20.5. The Labute approximate surface area is 252 Å². The molecule has 0 radical (unpaired) electrons. The lowest BCUT2D eigenvalue weighted by molar-refractivity contribution is 0.0396. The maximum Gasteiger partial charge on any atom is 0.169 e. The molecule has 0 aliphatic heterocycles. The number of Topliss-reactive ketones (excluding diaryl/α,β-unsaturated/α-hetero) is 2. The lowest BCUT2D eigenvalue weighted by Crippen LogP contribution is -2.36. The number of hydrogen-bond donors (Lipinski definition) is 6. The highest BCUT2D eigenvalue weighted by Gasteiger charge is 2.41. The van der Waals surface area contributed by atoms with Crippen molar-refractivity contribution in [2.24, 2.45) is 0 Å². The van der Waals surface area contributed by atoms with E-state index in [9.17, 15) is 40.2 Å². The fourth-order valence-corrected chi connectivity index (χ4v) is 7.21. The van der Waals surface area contributed by atoms with Gasteiger partial charge in [0.15, 0.2) is 11.6 Å². The summed E-state index contributed by atoms with van der Waals surface area (Å²) in [6, 6.07) is 3.21. The minimum absolute atomic E-state index is 0.000449. The van der Waals surface area contributed by atoms with Crippen LogP contribution in [0.2, 0.25) is 0 Å². The molecule has 10 heteroatoms. The number of methoxy groups -OCH3 is 2. The maximum atomic E-state index is 13.6. The van der Waals surface area contributed by atoms with E-state index in [1.54, 1.807) is 26.0 Å². The third kappa shape index (κ3) is 4.01. The van der Waals surface area contributed by atoms with Crippen molar-refractivity contribution < 1.29 is 49.7 Å². The van der Waals surface area contributed by atoms with E-state index >= 15 is 0 Å². The van der Waals surface area contributed by atoms with E-state index in [1.807, 2.05) is 0 Å². The van der Waals surface area contributed by atoms with Gasteiger partial charge < -0.3 is 40.1 Å². The molecule has 10 nitrogen and oxygen atoms in total. The van der Waals surface area contributed by atoms with Crippen LogP contribution in [0.3, 0.4) is 0 Å². The van der Waals surface area contributed by atoms with Crippen molar-refractivity contribution in [3.05, 3.63) is 45.5 Å². The van der Waals surface area contributed by atoms with Gasteiger partial charge in [0.2, 0.25) is 0 Å². The average Bonchev–Trinajstić information content (AvgIpc) is 2.90. The number of carbonyl (C=O) groups excluding carboxylic acids is 2. The summed E-state index contributed by atoms with van der Waals surface area (Å²) < 4.78 is 11.4. The molecule has 0 heterocycles. The smallest absolute Gasteiger partial charge is 0.169 e. The van der Waals surface area contributed by atoms with Crippen LogP contribution in [0.15, 0.2) is 12.1 Å². The molecule has 4 aromatic carbocycles. The number of aromatic hydroxyl groups is 4. The fourth-order valence-electron chi connectivity index (χ4n) is 7.21. The molecule has 4 aromatic rings. The number of aliphatic hydroxyl groups is 2. The van der Waals surface area contributed by atoms with Gasteiger partial charge in [0, 0.05) is 53.1 Å². The minimum Gasteiger partial charge on any atom is -0.507 e. The Kier molecular flexibility index (Phi) is 6.36. The molecule has 6 rings (SSSR count). The van der Waals surface area contributed by atoms with E-state index in [0.29, 0.717) is 16.7 Å². The second-order valence-corrected chi connectivity index (χ2v) is 12.7. The van der Waals surface area contributed by atoms with Gasteiger partial charge in [-0.2, -0.15) is 0 Å². The van der Waals surface area contributed by atoms with Crippen molar-refractivity contribution in [2.75, 3.05) is 14.2 Å². The molecular formula is C34H34O10. The van der Waals surface area contributed by atoms with E-state index in [4.69, 9.17) is 9.47 Å². The third-order valence-corrected chi connectivity index (χ3v) is 9.11. The van der Waals surface area contributed by atoms with Gasteiger partial charge in [-0.1, -0.05) is 0 Å². The van der Waals surface area contributed by atoms with E-state index in [2.05, 4.69) is 0 Å². The molecule has 0 saturated carbocycles. The summed E-state index contributed by atoms with van der Waals surface area (Å²) in [5.41, 5.74) is -1.20. The van der Waals surface area contributed by atoms with Crippen molar-refractivity contribution in [3.63, 3.8) is 0 Å². The average molecular weight is 603 g/mol. The van der Waals surface area contributed by atoms with Crippen molar-refractivity contribution in [1.82, 2.24) is 0 Å². The van der Waals surface area contributed by atoms with Crippen molar-refractivity contribution in [2.45, 2.75) is 64.6 Å². The summed E-state index contributed by atoms with van der Waals surface area (Å²) in [5.74, 6) is -2.12. The minimum atomic E-state index is -1.49. The first-order valence-electron chi connectivity index (χ1n) is 14.2. The summed E-state index contributed by atoms with van der Waals surface area (Å²) in [5, 5.41) is 68.3. The highest BCUT2D eigenvalue weighted by Crippen LogP contribution is 2.57. The molecule has 0 fully saturated rings. The van der Waals surface area contributed by atoms with Gasteiger partial charge in [-0.05, 0) is 56.5 Å². The van der Waals surface area contributed by atoms with Gasteiger partial charge in [0.1, 0.15) is 34.5 Å². The number of ether oxygens (including phenoxy) is 2. The summed E-state index contributed by atoms with van der Waals surface area (Å²) in [4.78, 5) is 26.7. The van der Waals surface area contributed by atoms with Crippen LogP contribution < -0.4 is 9.47 Å². The van der Waals surface area contributed by atoms with Crippen LogP contribution in [-0.2, 0) is 12.8 Å². The number of hydrogen-bond acceptors (Lipinski definition) is 10. The zero-order valence-electron chi connectivity index (χ0n) is 25.3. The predicted molar refractivity (Wildman–Crippen MR) is 163 cm³/mol. The van der Waals surface area contributed by atoms with Gasteiger partial charge in [-0.15, -0.1) is 0 Å². The van der Waals surface area contributed by atoms with Gasteiger partial charge in [-0.25, -0.2) is 0 Å². The lowest BCUT2D eigenvalue weighted by Gasteiger charge is -2.33. The molecule has 2 aliphatic rings. The van der Waals surface area contributed by atoms with Crippen molar-refractivity contribution in [3.8, 4) is 45.6 Å². The second kappa shape index (κ2) is 9.48. The standard InChI is InChI=1S/C34H34O10/c1-13-21(43-5)8-17-23(18-10-34(4,42)12-20(36)24(18)31(40)27(17)28(13)37)25-16-7-15-9-33(3,41)11-19(35)22(15)30(39)26(16)29(38)14(2)32(25)44-6/h7-8,37-42H,9-12H2,1-6H3/t33-,34-/m0/s1. The van der Waals surface area contributed by atoms with E-state index < -0.39 is 34.3 Å². The zero-order chi connectivity index (χ0) is 32.2. The van der Waals surface area contributed by atoms with Crippen LogP contribution in [0, 0.1) is 13.8 Å². The van der Waals surface area contributed by atoms with Crippen LogP contribution >= 0.6 is 0 Å². The predicted octanol–water partition coefficient (Wildman–Crippen LogP) is 4.88. The number of phenolic OH excluding ortho intramolecular Hbond substituents is 4. The Morgan fingerprint density at radius 3 is 1.75 bits per heavy atom. The Balaban J connectivity index is 1.92. The lowest BCUT2D eigenvalue weighted by atomic mass is 9.73. The molecule has 0 saturated heterocycles. The first-order valence-corrected chi connectivity index (χ1v) is 14.2. The molecule has 2 aliphatic carbocycles. The molecule has 6 N–H and O–H groups in total. The molecule has 44 heavy (non-hydrogen) atoms. The monoisotopic (exact) mass is 602 g/mol. The Bertz CT molecular complexity index is 1980. The van der Waals surface area contributed by atoms with Crippen LogP contribution in [0.4, 0.5) is 0 Å². The molecule has 0 spiro atoms. The van der Waals surface area contributed by atoms with Crippen LogP contribution in [0.25, 0.3) is 32.7 Å². The molecule has 0 aromatic heterocycles. The SMILES string of the molecule is COc1cc2c(-c3c(OC)c(C)c(O)c4c(O)c5c(cc34)C[C@](C)(O)CC5=O)c3c(c(O)c2c(O)c1C)C(=O)C[C@@](C)(O)C3. The van der Waals surface area contributed by atoms with Gasteiger partial charge in [0.25, 0.3) is 0 Å². The van der Waals surface area contributed by atoms with Gasteiger partial charge >= 0.3 is 0 Å². The maximum absolute atomic E-state index is 13.6. The summed E-state index contributed by atoms with van der Waals surface area (Å²) >= 11 is 0. The normalized spacial score (nSPS) is 21.5. The van der Waals surface area contributed by atoms with E-state index in [0.717, 1.165) is 0 Å². The van der Waals surface area contributed by atoms with Crippen molar-refractivity contribution in [1.29, 1.82) is 0 Å². The Morgan fingerprint density at radius 2 is 1.16 bits per heavy atom. The largest absolute Gasteiger partial charge is 0.507 e. The highest BCUT2D eigenvalue weighted by atomic mass is 16.5. The molecule has 0 amide bonds. The fraction of sp³-hybridized carbons (Fsp3) is 0.353. The zero-order valence-corrected chi connectivity index (χ0v) is 25.3. The highest BCUT2D eigenvalue weighted by molar-refractivity contribution is 6.21. The molecule has 0 unspecified atom stereocenters. The number of ketones is 2. The van der Waals surface area contributed by atoms with Crippen LogP contribution in [0.5, 0.6) is 34.5 Å². The van der Waals surface area contributed by atoms with Crippen LogP contribution in [-0.4, -0.2) is 67.6 Å². The summed E-state index contributed by atoms with van der Waals surface area (Å²) in [7, 11) is 2.82. The summed E-state index contributed by atoms with van der Waals surface area (Å²) in [6.45, 7) is 6.21. The third-order valence-electron chi connectivity index (χ3n) is 9.11. The van der Waals surface area contributed by atoms with E-state index in [1.165, 1.54) is 28.1 Å². The Hall–Kier alpha value is -4.54. The molecule has 0 bridgehead atoms. The number of carbonyl (C=O) groups is 2.